The first-order valence-corrected chi connectivity index (χ1v) is 6.79. The average Bonchev–Trinajstić information content (AvgIpc) is 2.28. The maximum Gasteiger partial charge on any atom is 0.208 e. The van der Waals surface area contributed by atoms with Gasteiger partial charge in [-0.3, -0.25) is 4.79 Å². The molecule has 3 heteroatoms. The Hall–Kier alpha value is -0.410. The van der Waals surface area contributed by atoms with Crippen molar-refractivity contribution in [1.82, 2.24) is 0 Å². The summed E-state index contributed by atoms with van der Waals surface area (Å²) in [6.45, 7) is 1.98. The first-order chi connectivity index (χ1) is 6.65. The fourth-order valence-electron chi connectivity index (χ4n) is 1.27. The molecule has 1 rings (SSSR count). The normalized spacial score (nSPS) is 14.8. The van der Waals surface area contributed by atoms with Crippen molar-refractivity contribution in [2.24, 2.45) is 0 Å². The van der Waals surface area contributed by atoms with E-state index in [0.29, 0.717) is 0 Å². The molecule has 0 bridgehead atoms. The summed E-state index contributed by atoms with van der Waals surface area (Å²) in [5.41, 5.74) is 1.08. The van der Waals surface area contributed by atoms with Gasteiger partial charge in [-0.1, -0.05) is 42.1 Å². The summed E-state index contributed by atoms with van der Waals surface area (Å²) in [4.78, 5) is 11.8. The Balaban J connectivity index is 3.08. The lowest BCUT2D eigenvalue weighted by atomic mass is 10.0. The highest BCUT2D eigenvalue weighted by atomic mass is 32.2. The van der Waals surface area contributed by atoms with Crippen LogP contribution in [0.1, 0.15) is 12.5 Å². The number of carbonyl (C=O) groups excluding carboxylic acids is 1. The smallest absolute Gasteiger partial charge is 0.208 e. The molecule has 0 aliphatic rings. The summed E-state index contributed by atoms with van der Waals surface area (Å²) < 4.78 is -0.416. The van der Waals surface area contributed by atoms with Crippen molar-refractivity contribution < 1.29 is 4.79 Å². The van der Waals surface area contributed by atoms with Crippen LogP contribution in [0.4, 0.5) is 0 Å². The number of carbonyl (C=O) groups is 1. The van der Waals surface area contributed by atoms with Gasteiger partial charge in [-0.2, -0.15) is 0 Å². The van der Waals surface area contributed by atoms with Crippen LogP contribution in [0.2, 0.25) is 0 Å². The Labute approximate surface area is 93.7 Å². The lowest BCUT2D eigenvalue weighted by Gasteiger charge is -2.25. The van der Waals surface area contributed by atoms with E-state index in [0.717, 1.165) is 5.56 Å². The predicted octanol–water partition coefficient (Wildman–Crippen LogP) is 3.15. The van der Waals surface area contributed by atoms with E-state index in [1.54, 1.807) is 11.8 Å². The molecule has 1 atom stereocenters. The molecule has 0 spiro atoms. The van der Waals surface area contributed by atoms with Gasteiger partial charge in [0.15, 0.2) is 0 Å². The summed E-state index contributed by atoms with van der Waals surface area (Å²) in [6.07, 6.45) is 3.81. The molecule has 0 aliphatic heterocycles. The zero-order valence-electron chi connectivity index (χ0n) is 8.61. The average molecular weight is 226 g/mol. The van der Waals surface area contributed by atoms with Crippen LogP contribution in [-0.2, 0) is 9.54 Å². The van der Waals surface area contributed by atoms with E-state index < -0.39 is 4.75 Å². The fraction of sp³-hybridized carbons (Fsp3) is 0.364. The number of hydrogen-bond acceptors (Lipinski definition) is 3. The van der Waals surface area contributed by atoms with Crippen molar-refractivity contribution in [2.75, 3.05) is 12.5 Å². The molecular formula is C11H14OS2. The summed E-state index contributed by atoms with van der Waals surface area (Å²) >= 11 is 2.88. The molecule has 0 heterocycles. The molecule has 0 amide bonds. The lowest BCUT2D eigenvalue weighted by molar-refractivity contribution is -0.112. The maximum absolute atomic E-state index is 11.8. The van der Waals surface area contributed by atoms with Crippen molar-refractivity contribution in [2.45, 2.75) is 11.7 Å². The van der Waals surface area contributed by atoms with E-state index in [4.69, 9.17) is 0 Å². The van der Waals surface area contributed by atoms with E-state index in [-0.39, 0.29) is 5.12 Å². The lowest BCUT2D eigenvalue weighted by Crippen LogP contribution is -2.25. The first-order valence-electron chi connectivity index (χ1n) is 4.34. The van der Waals surface area contributed by atoms with Gasteiger partial charge in [-0.25, -0.2) is 0 Å². The van der Waals surface area contributed by atoms with Gasteiger partial charge >= 0.3 is 0 Å². The molecule has 1 aromatic rings. The van der Waals surface area contributed by atoms with Crippen LogP contribution >= 0.6 is 23.5 Å². The number of benzene rings is 1. The molecular weight excluding hydrogens is 212 g/mol. The second kappa shape index (κ2) is 4.89. The van der Waals surface area contributed by atoms with E-state index in [1.165, 1.54) is 11.8 Å². The van der Waals surface area contributed by atoms with Gasteiger partial charge in [0.05, 0.1) is 0 Å². The van der Waals surface area contributed by atoms with Crippen LogP contribution in [0.15, 0.2) is 30.3 Å². The van der Waals surface area contributed by atoms with Crippen molar-refractivity contribution >= 4 is 28.6 Å². The zero-order chi connectivity index (χ0) is 10.6. The van der Waals surface area contributed by atoms with Gasteiger partial charge in [0.25, 0.3) is 0 Å². The molecule has 0 aromatic heterocycles. The van der Waals surface area contributed by atoms with Gasteiger partial charge in [-0.15, -0.1) is 11.8 Å². The second-order valence-corrected chi connectivity index (χ2v) is 5.10. The van der Waals surface area contributed by atoms with E-state index >= 15 is 0 Å². The second-order valence-electron chi connectivity index (χ2n) is 3.09. The highest BCUT2D eigenvalue weighted by Gasteiger charge is 2.33. The van der Waals surface area contributed by atoms with Crippen molar-refractivity contribution in [3.8, 4) is 0 Å². The Morgan fingerprint density at radius 2 is 1.79 bits per heavy atom. The Morgan fingerprint density at radius 3 is 2.21 bits per heavy atom. The number of hydrogen-bond donors (Lipinski definition) is 0. The molecule has 0 radical (unpaired) electrons. The Bertz CT molecular complexity index is 310. The van der Waals surface area contributed by atoms with Crippen molar-refractivity contribution in [3.05, 3.63) is 35.9 Å². The van der Waals surface area contributed by atoms with Crippen molar-refractivity contribution in [1.29, 1.82) is 0 Å². The first kappa shape index (κ1) is 11.7. The highest BCUT2D eigenvalue weighted by Crippen LogP contribution is 2.37. The third kappa shape index (κ3) is 2.15. The zero-order valence-corrected chi connectivity index (χ0v) is 10.2. The van der Waals surface area contributed by atoms with Gasteiger partial charge in [0, 0.05) is 0 Å². The fourth-order valence-corrected chi connectivity index (χ4v) is 2.82. The molecule has 1 unspecified atom stereocenters. The maximum atomic E-state index is 11.8. The van der Waals surface area contributed by atoms with E-state index in [1.807, 2.05) is 49.8 Å². The van der Waals surface area contributed by atoms with Crippen LogP contribution in [0.25, 0.3) is 0 Å². The molecule has 0 N–H and O–H groups in total. The Morgan fingerprint density at radius 1 is 1.21 bits per heavy atom. The summed E-state index contributed by atoms with van der Waals surface area (Å²) in [5, 5.41) is 0.205. The molecule has 1 aromatic carbocycles. The SMILES string of the molecule is CSC(=O)C(C)(SC)c1ccccc1. The monoisotopic (exact) mass is 226 g/mol. The largest absolute Gasteiger partial charge is 0.285 e. The van der Waals surface area contributed by atoms with Crippen LogP contribution in [0.3, 0.4) is 0 Å². The highest BCUT2D eigenvalue weighted by molar-refractivity contribution is 8.15. The molecule has 1 nitrogen and oxygen atoms in total. The molecule has 0 fully saturated rings. The molecule has 76 valence electrons. The van der Waals surface area contributed by atoms with Crippen LogP contribution < -0.4 is 0 Å². The minimum atomic E-state index is -0.416. The molecule has 0 aliphatic carbocycles. The van der Waals surface area contributed by atoms with Gasteiger partial charge in [0.1, 0.15) is 4.75 Å². The van der Waals surface area contributed by atoms with Crippen LogP contribution in [0.5, 0.6) is 0 Å². The van der Waals surface area contributed by atoms with E-state index in [9.17, 15) is 4.79 Å². The standard InChI is InChI=1S/C11H14OS2/c1-11(14-3,10(12)13-2)9-7-5-4-6-8-9/h4-8H,1-3H3. The summed E-state index contributed by atoms with van der Waals surface area (Å²) in [5.74, 6) is 0. The molecule has 0 saturated heterocycles. The van der Waals surface area contributed by atoms with Crippen molar-refractivity contribution in [3.63, 3.8) is 0 Å². The van der Waals surface area contributed by atoms with Gasteiger partial charge in [0.2, 0.25) is 5.12 Å². The van der Waals surface area contributed by atoms with Crippen LogP contribution in [0, 0.1) is 0 Å². The van der Waals surface area contributed by atoms with E-state index in [2.05, 4.69) is 0 Å². The van der Waals surface area contributed by atoms with Gasteiger partial charge in [-0.05, 0) is 25.0 Å². The number of rotatable bonds is 3. The minimum absolute atomic E-state index is 0.205. The van der Waals surface area contributed by atoms with Gasteiger partial charge < -0.3 is 0 Å². The minimum Gasteiger partial charge on any atom is -0.285 e. The third-order valence-corrected chi connectivity index (χ3v) is 4.45. The summed E-state index contributed by atoms with van der Waals surface area (Å²) in [6, 6.07) is 9.91. The molecule has 0 saturated carbocycles. The third-order valence-electron chi connectivity index (χ3n) is 2.31. The quantitative estimate of drug-likeness (QED) is 0.788. The topological polar surface area (TPSA) is 17.1 Å². The predicted molar refractivity (Wildman–Crippen MR) is 65.8 cm³/mol. The Kier molecular flexibility index (Phi) is 4.08. The molecule has 14 heavy (non-hydrogen) atoms. The summed E-state index contributed by atoms with van der Waals surface area (Å²) in [7, 11) is 0. The van der Waals surface area contributed by atoms with Crippen LogP contribution in [-0.4, -0.2) is 17.6 Å². The number of thioether (sulfide) groups is 2.